The van der Waals surface area contributed by atoms with E-state index >= 15 is 0 Å². The van der Waals surface area contributed by atoms with E-state index in [0.29, 0.717) is 16.7 Å². The molecule has 5 nitrogen and oxygen atoms in total. The van der Waals surface area contributed by atoms with Crippen LogP contribution in [0.15, 0.2) is 18.2 Å². The summed E-state index contributed by atoms with van der Waals surface area (Å²) in [6, 6.07) is 4.09. The highest BCUT2D eigenvalue weighted by molar-refractivity contribution is 5.90. The maximum atomic E-state index is 13.4. The first-order valence-electron chi connectivity index (χ1n) is 6.65. The highest BCUT2D eigenvalue weighted by atomic mass is 19.1. The molecule has 0 radical (unpaired) electrons. The lowest BCUT2D eigenvalue weighted by Gasteiger charge is -2.23. The highest BCUT2D eigenvalue weighted by Gasteiger charge is 2.17. The van der Waals surface area contributed by atoms with Gasteiger partial charge in [-0.2, -0.15) is 4.98 Å². The molecule has 0 bridgehead atoms. The number of aliphatic hydroxyl groups is 1. The molecule has 2 aromatic rings. The quantitative estimate of drug-likeness (QED) is 0.780. The molecular weight excluding hydrogens is 259 g/mol. The van der Waals surface area contributed by atoms with Gasteiger partial charge in [-0.1, -0.05) is 20.3 Å². The minimum absolute atomic E-state index is 0.0320. The normalized spacial score (nSPS) is 14.2. The van der Waals surface area contributed by atoms with Gasteiger partial charge in [-0.3, -0.25) is 0 Å². The molecule has 0 saturated carbocycles. The van der Waals surface area contributed by atoms with Crippen LogP contribution in [0.4, 0.5) is 16.2 Å². The van der Waals surface area contributed by atoms with Crippen LogP contribution in [0.25, 0.3) is 10.9 Å². The van der Waals surface area contributed by atoms with Crippen molar-refractivity contribution in [3.8, 4) is 0 Å². The van der Waals surface area contributed by atoms with Crippen LogP contribution in [0.1, 0.15) is 20.3 Å². The van der Waals surface area contributed by atoms with Crippen molar-refractivity contribution in [2.24, 2.45) is 5.92 Å². The number of hydrogen-bond acceptors (Lipinski definition) is 5. The van der Waals surface area contributed by atoms with Gasteiger partial charge in [0.25, 0.3) is 0 Å². The molecular formula is C14H19FN4O. The number of anilines is 2. The van der Waals surface area contributed by atoms with Gasteiger partial charge in [0, 0.05) is 5.39 Å². The average molecular weight is 278 g/mol. The molecule has 1 aromatic carbocycles. The average Bonchev–Trinajstić information content (AvgIpc) is 2.44. The Bertz CT molecular complexity index is 605. The number of aromatic nitrogens is 2. The van der Waals surface area contributed by atoms with Gasteiger partial charge >= 0.3 is 0 Å². The number of nitrogens with zero attached hydrogens (tertiary/aromatic N) is 2. The van der Waals surface area contributed by atoms with Crippen LogP contribution in [0.5, 0.6) is 0 Å². The van der Waals surface area contributed by atoms with Crippen LogP contribution in [0, 0.1) is 11.7 Å². The van der Waals surface area contributed by atoms with E-state index in [4.69, 9.17) is 5.73 Å². The number of aliphatic hydroxyl groups excluding tert-OH is 1. The van der Waals surface area contributed by atoms with Crippen molar-refractivity contribution in [1.29, 1.82) is 0 Å². The van der Waals surface area contributed by atoms with Crippen LogP contribution < -0.4 is 11.1 Å². The molecule has 6 heteroatoms. The van der Waals surface area contributed by atoms with Gasteiger partial charge in [-0.25, -0.2) is 9.37 Å². The van der Waals surface area contributed by atoms with Gasteiger partial charge in [0.15, 0.2) is 0 Å². The second-order valence-corrected chi connectivity index (χ2v) is 4.91. The monoisotopic (exact) mass is 278 g/mol. The Morgan fingerprint density at radius 3 is 2.80 bits per heavy atom. The Kier molecular flexibility index (Phi) is 4.34. The summed E-state index contributed by atoms with van der Waals surface area (Å²) in [5, 5.41) is 13.2. The third kappa shape index (κ3) is 2.96. The topological polar surface area (TPSA) is 84.1 Å². The molecule has 4 N–H and O–H groups in total. The van der Waals surface area contributed by atoms with E-state index in [1.54, 1.807) is 6.07 Å². The Morgan fingerprint density at radius 1 is 1.40 bits per heavy atom. The van der Waals surface area contributed by atoms with Crippen LogP contribution in [-0.2, 0) is 0 Å². The molecule has 0 amide bonds. The maximum Gasteiger partial charge on any atom is 0.222 e. The van der Waals surface area contributed by atoms with Crippen LogP contribution in [0.3, 0.4) is 0 Å². The van der Waals surface area contributed by atoms with Crippen molar-refractivity contribution in [2.45, 2.75) is 26.3 Å². The summed E-state index contributed by atoms with van der Waals surface area (Å²) in [4.78, 5) is 8.20. The van der Waals surface area contributed by atoms with Gasteiger partial charge in [0.05, 0.1) is 18.2 Å². The number of nitrogens with two attached hydrogens (primary N) is 1. The lowest BCUT2D eigenvalue weighted by atomic mass is 10.00. The zero-order chi connectivity index (χ0) is 14.7. The van der Waals surface area contributed by atoms with Crippen molar-refractivity contribution in [3.05, 3.63) is 24.0 Å². The summed E-state index contributed by atoms with van der Waals surface area (Å²) >= 11 is 0. The summed E-state index contributed by atoms with van der Waals surface area (Å²) < 4.78 is 13.4. The van der Waals surface area contributed by atoms with Crippen molar-refractivity contribution in [1.82, 2.24) is 9.97 Å². The summed E-state index contributed by atoms with van der Waals surface area (Å²) in [6.45, 7) is 4.04. The molecule has 0 unspecified atom stereocenters. The number of hydrogen-bond donors (Lipinski definition) is 3. The predicted octanol–water partition coefficient (Wildman–Crippen LogP) is 2.17. The Hall–Kier alpha value is -1.95. The molecule has 2 rings (SSSR count). The van der Waals surface area contributed by atoms with Crippen molar-refractivity contribution >= 4 is 22.7 Å². The number of nitrogen functional groups attached to an aromatic ring is 1. The van der Waals surface area contributed by atoms with E-state index in [2.05, 4.69) is 15.3 Å². The van der Waals surface area contributed by atoms with E-state index in [1.807, 2.05) is 13.8 Å². The van der Waals surface area contributed by atoms with Gasteiger partial charge < -0.3 is 16.2 Å². The summed E-state index contributed by atoms with van der Waals surface area (Å²) in [6.07, 6.45) is 0.908. The molecule has 0 saturated heterocycles. The first-order valence-corrected chi connectivity index (χ1v) is 6.65. The molecule has 0 aliphatic carbocycles. The lowest BCUT2D eigenvalue weighted by Crippen LogP contribution is -2.31. The van der Waals surface area contributed by atoms with Crippen LogP contribution >= 0.6 is 0 Å². The summed E-state index contributed by atoms with van der Waals surface area (Å²) in [5.74, 6) is 0.455. The summed E-state index contributed by atoms with van der Waals surface area (Å²) in [5.41, 5.74) is 6.24. The number of fused-ring (bicyclic) bond motifs is 1. The lowest BCUT2D eigenvalue weighted by molar-refractivity contribution is 0.241. The molecule has 108 valence electrons. The number of rotatable bonds is 5. The van der Waals surface area contributed by atoms with Gasteiger partial charge in [0.1, 0.15) is 11.6 Å². The maximum absolute atomic E-state index is 13.4. The second kappa shape index (κ2) is 6.00. The van der Waals surface area contributed by atoms with E-state index in [0.717, 1.165) is 6.42 Å². The zero-order valence-electron chi connectivity index (χ0n) is 11.6. The Labute approximate surface area is 117 Å². The van der Waals surface area contributed by atoms with Gasteiger partial charge in [-0.15, -0.1) is 0 Å². The van der Waals surface area contributed by atoms with Gasteiger partial charge in [0.2, 0.25) is 5.95 Å². The molecule has 20 heavy (non-hydrogen) atoms. The molecule has 0 fully saturated rings. The zero-order valence-corrected chi connectivity index (χ0v) is 11.6. The summed E-state index contributed by atoms with van der Waals surface area (Å²) in [7, 11) is 0. The SMILES string of the molecule is CC[C@H](C)[C@@H](CO)Nc1nc(N)nc2ccc(F)cc12. The minimum Gasteiger partial charge on any atom is -0.394 e. The third-order valence-corrected chi connectivity index (χ3v) is 3.52. The highest BCUT2D eigenvalue weighted by Crippen LogP contribution is 2.24. The van der Waals surface area contributed by atoms with Crippen molar-refractivity contribution in [3.63, 3.8) is 0 Å². The largest absolute Gasteiger partial charge is 0.394 e. The van der Waals surface area contributed by atoms with E-state index in [1.165, 1.54) is 12.1 Å². The molecule has 1 aromatic heterocycles. The molecule has 0 aliphatic heterocycles. The van der Waals surface area contributed by atoms with Crippen molar-refractivity contribution < 1.29 is 9.50 Å². The van der Waals surface area contributed by atoms with E-state index < -0.39 is 0 Å². The Morgan fingerprint density at radius 2 is 2.15 bits per heavy atom. The first kappa shape index (κ1) is 14.5. The fourth-order valence-corrected chi connectivity index (χ4v) is 2.06. The molecule has 0 spiro atoms. The van der Waals surface area contributed by atoms with E-state index in [9.17, 15) is 9.50 Å². The van der Waals surface area contributed by atoms with Crippen LogP contribution in [0.2, 0.25) is 0 Å². The van der Waals surface area contributed by atoms with E-state index in [-0.39, 0.29) is 30.3 Å². The first-order chi connectivity index (χ1) is 9.55. The second-order valence-electron chi connectivity index (χ2n) is 4.91. The van der Waals surface area contributed by atoms with Gasteiger partial charge in [-0.05, 0) is 24.1 Å². The van der Waals surface area contributed by atoms with Crippen LogP contribution in [-0.4, -0.2) is 27.7 Å². The number of nitrogens with one attached hydrogen (secondary N) is 1. The minimum atomic E-state index is -0.363. The van der Waals surface area contributed by atoms with Crippen molar-refractivity contribution in [2.75, 3.05) is 17.7 Å². The predicted molar refractivity (Wildman–Crippen MR) is 77.9 cm³/mol. The fraction of sp³-hybridized carbons (Fsp3) is 0.429. The third-order valence-electron chi connectivity index (χ3n) is 3.52. The number of halogens is 1. The molecule has 1 heterocycles. The number of benzene rings is 1. The fourth-order valence-electron chi connectivity index (χ4n) is 2.06. The molecule has 2 atom stereocenters. The smallest absolute Gasteiger partial charge is 0.222 e. The molecule has 0 aliphatic rings. The standard InChI is InChI=1S/C14H19FN4O/c1-3-8(2)12(7-20)17-13-10-6-9(15)4-5-11(10)18-14(16)19-13/h4-6,8,12,20H,3,7H2,1-2H3,(H3,16,17,18,19)/t8-,12+/m0/s1. The Balaban J connectivity index is 2.44.